The van der Waals surface area contributed by atoms with Gasteiger partial charge in [0.2, 0.25) is 5.91 Å². The van der Waals surface area contributed by atoms with Gasteiger partial charge in [0.1, 0.15) is 5.75 Å². The summed E-state index contributed by atoms with van der Waals surface area (Å²) < 4.78 is 5.45. The molecule has 0 atom stereocenters. The van der Waals surface area contributed by atoms with Crippen LogP contribution in [-0.4, -0.2) is 25.6 Å². The minimum absolute atomic E-state index is 0.0530. The van der Waals surface area contributed by atoms with Gasteiger partial charge in [0.05, 0.1) is 18.8 Å². The van der Waals surface area contributed by atoms with Gasteiger partial charge in [-0.25, -0.2) is 0 Å². The van der Waals surface area contributed by atoms with Crippen LogP contribution in [0, 0.1) is 5.92 Å². The summed E-state index contributed by atoms with van der Waals surface area (Å²) >= 11 is 0. The molecule has 0 saturated heterocycles. The average Bonchev–Trinajstić information content (AvgIpc) is 2.31. The highest BCUT2D eigenvalue weighted by atomic mass is 16.5. The smallest absolute Gasteiger partial charge is 0.238 e. The fraction of sp³-hybridized carbons (Fsp3) is 0.500. The molecule has 2 N–H and O–H groups in total. The molecule has 0 aliphatic rings. The van der Waals surface area contributed by atoms with Crippen molar-refractivity contribution in [2.24, 2.45) is 5.92 Å². The molecule has 0 saturated carbocycles. The van der Waals surface area contributed by atoms with Crippen LogP contribution in [-0.2, 0) is 4.79 Å². The molecule has 0 fully saturated rings. The van der Waals surface area contributed by atoms with Crippen LogP contribution in [0.3, 0.4) is 0 Å². The van der Waals surface area contributed by atoms with Crippen LogP contribution in [0.1, 0.15) is 20.8 Å². The number of amides is 1. The fourth-order valence-corrected chi connectivity index (χ4v) is 1.52. The average molecular weight is 250 g/mol. The lowest BCUT2D eigenvalue weighted by Crippen LogP contribution is -2.30. The van der Waals surface area contributed by atoms with E-state index in [-0.39, 0.29) is 5.91 Å². The first kappa shape index (κ1) is 14.5. The van der Waals surface area contributed by atoms with Crippen LogP contribution in [0.25, 0.3) is 0 Å². The zero-order chi connectivity index (χ0) is 13.4. The van der Waals surface area contributed by atoms with E-state index in [0.717, 1.165) is 12.2 Å². The normalized spacial score (nSPS) is 10.4. The minimum Gasteiger partial charge on any atom is -0.492 e. The number of ether oxygens (including phenoxy) is 1. The van der Waals surface area contributed by atoms with Crippen LogP contribution < -0.4 is 15.4 Å². The van der Waals surface area contributed by atoms with Crippen LogP contribution in [0.2, 0.25) is 0 Å². The van der Waals surface area contributed by atoms with Gasteiger partial charge in [0.25, 0.3) is 0 Å². The van der Waals surface area contributed by atoms with Gasteiger partial charge >= 0.3 is 0 Å². The minimum atomic E-state index is -0.0530. The van der Waals surface area contributed by atoms with Crippen molar-refractivity contribution in [2.75, 3.05) is 25.0 Å². The predicted molar refractivity (Wildman–Crippen MR) is 73.9 cm³/mol. The summed E-state index contributed by atoms with van der Waals surface area (Å²) in [6, 6.07) is 7.45. The van der Waals surface area contributed by atoms with Crippen LogP contribution in [0.4, 0.5) is 5.69 Å². The summed E-state index contributed by atoms with van der Waals surface area (Å²) in [5, 5.41) is 5.95. The molecule has 1 rings (SSSR count). The van der Waals surface area contributed by atoms with Gasteiger partial charge in [-0.05, 0) is 31.5 Å². The van der Waals surface area contributed by atoms with E-state index in [0.29, 0.717) is 24.8 Å². The van der Waals surface area contributed by atoms with Gasteiger partial charge in [-0.3, -0.25) is 4.79 Å². The number of hydrogen-bond acceptors (Lipinski definition) is 3. The monoisotopic (exact) mass is 250 g/mol. The van der Waals surface area contributed by atoms with Crippen molar-refractivity contribution < 1.29 is 9.53 Å². The molecule has 0 aliphatic heterocycles. The molecule has 1 aromatic rings. The molecule has 4 nitrogen and oxygen atoms in total. The maximum Gasteiger partial charge on any atom is 0.238 e. The molecule has 0 radical (unpaired) electrons. The summed E-state index contributed by atoms with van der Waals surface area (Å²) in [5.74, 6) is 1.19. The van der Waals surface area contributed by atoms with Crippen molar-refractivity contribution in [3.8, 4) is 5.75 Å². The third-order valence-electron chi connectivity index (χ3n) is 2.30. The number of carbonyl (C=O) groups is 1. The van der Waals surface area contributed by atoms with Crippen molar-refractivity contribution in [3.05, 3.63) is 24.3 Å². The van der Waals surface area contributed by atoms with Gasteiger partial charge in [0, 0.05) is 0 Å². The number of anilines is 1. The van der Waals surface area contributed by atoms with Crippen molar-refractivity contribution in [2.45, 2.75) is 20.8 Å². The number of nitrogens with one attached hydrogen (secondary N) is 2. The van der Waals surface area contributed by atoms with Gasteiger partial charge < -0.3 is 15.4 Å². The highest BCUT2D eigenvalue weighted by molar-refractivity contribution is 5.93. The highest BCUT2D eigenvalue weighted by Gasteiger charge is 2.06. The van der Waals surface area contributed by atoms with Gasteiger partial charge in [0.15, 0.2) is 0 Å². The second-order valence-electron chi connectivity index (χ2n) is 4.50. The van der Waals surface area contributed by atoms with Crippen molar-refractivity contribution in [3.63, 3.8) is 0 Å². The van der Waals surface area contributed by atoms with Crippen LogP contribution >= 0.6 is 0 Å². The topological polar surface area (TPSA) is 50.4 Å². The molecule has 18 heavy (non-hydrogen) atoms. The molecular weight excluding hydrogens is 228 g/mol. The van der Waals surface area contributed by atoms with Crippen molar-refractivity contribution in [1.82, 2.24) is 5.32 Å². The maximum absolute atomic E-state index is 11.7. The first-order valence-electron chi connectivity index (χ1n) is 6.35. The number of hydrogen-bond donors (Lipinski definition) is 2. The quantitative estimate of drug-likeness (QED) is 0.780. The molecule has 1 aromatic carbocycles. The molecule has 100 valence electrons. The lowest BCUT2D eigenvalue weighted by molar-refractivity contribution is -0.115. The number of benzene rings is 1. The molecular formula is C14H22N2O2. The van der Waals surface area contributed by atoms with E-state index in [2.05, 4.69) is 24.5 Å². The first-order chi connectivity index (χ1) is 8.63. The summed E-state index contributed by atoms with van der Waals surface area (Å²) in [5.41, 5.74) is 0.718. The molecule has 4 heteroatoms. The van der Waals surface area contributed by atoms with Crippen molar-refractivity contribution >= 4 is 11.6 Å². The lowest BCUT2D eigenvalue weighted by Gasteiger charge is -2.12. The van der Waals surface area contributed by atoms with E-state index in [1.54, 1.807) is 0 Å². The second kappa shape index (κ2) is 7.71. The van der Waals surface area contributed by atoms with Gasteiger partial charge in [-0.2, -0.15) is 0 Å². The van der Waals surface area contributed by atoms with Crippen molar-refractivity contribution in [1.29, 1.82) is 0 Å². The Morgan fingerprint density at radius 1 is 1.33 bits per heavy atom. The third kappa shape index (κ3) is 5.19. The highest BCUT2D eigenvalue weighted by Crippen LogP contribution is 2.23. The van der Waals surface area contributed by atoms with Gasteiger partial charge in [-0.15, -0.1) is 0 Å². The van der Waals surface area contributed by atoms with E-state index in [9.17, 15) is 4.79 Å². The lowest BCUT2D eigenvalue weighted by atomic mass is 10.2. The summed E-state index contributed by atoms with van der Waals surface area (Å²) in [6.45, 7) is 7.87. The largest absolute Gasteiger partial charge is 0.492 e. The number of rotatable bonds is 7. The molecule has 0 heterocycles. The van der Waals surface area contributed by atoms with Crippen LogP contribution in [0.5, 0.6) is 5.75 Å². The SMILES string of the molecule is CCOc1ccccc1NC(=O)CNCC(C)C. The first-order valence-corrected chi connectivity index (χ1v) is 6.35. The molecule has 0 aromatic heterocycles. The molecule has 0 aliphatic carbocycles. The van der Waals surface area contributed by atoms with Crippen LogP contribution in [0.15, 0.2) is 24.3 Å². The molecule has 0 unspecified atom stereocenters. The van der Waals surface area contributed by atoms with Gasteiger partial charge in [-0.1, -0.05) is 26.0 Å². The third-order valence-corrected chi connectivity index (χ3v) is 2.30. The molecule has 1 amide bonds. The summed E-state index contributed by atoms with van der Waals surface area (Å²) in [6.07, 6.45) is 0. The second-order valence-corrected chi connectivity index (χ2v) is 4.50. The van der Waals surface area contributed by atoms with E-state index in [1.165, 1.54) is 0 Å². The summed E-state index contributed by atoms with van der Waals surface area (Å²) in [4.78, 5) is 11.7. The Labute approximate surface area is 109 Å². The number of carbonyl (C=O) groups excluding carboxylic acids is 1. The number of para-hydroxylation sites is 2. The van der Waals surface area contributed by atoms with E-state index < -0.39 is 0 Å². The Morgan fingerprint density at radius 3 is 2.72 bits per heavy atom. The Hall–Kier alpha value is -1.55. The Kier molecular flexibility index (Phi) is 6.22. The fourth-order valence-electron chi connectivity index (χ4n) is 1.52. The zero-order valence-electron chi connectivity index (χ0n) is 11.3. The molecule has 0 bridgehead atoms. The Balaban J connectivity index is 2.48. The Morgan fingerprint density at radius 2 is 2.06 bits per heavy atom. The van der Waals surface area contributed by atoms with E-state index >= 15 is 0 Å². The van der Waals surface area contributed by atoms with E-state index in [4.69, 9.17) is 4.74 Å². The maximum atomic E-state index is 11.7. The zero-order valence-corrected chi connectivity index (χ0v) is 11.3. The molecule has 0 spiro atoms. The summed E-state index contributed by atoms with van der Waals surface area (Å²) in [7, 11) is 0. The Bertz CT molecular complexity index is 378. The predicted octanol–water partition coefficient (Wildman–Crippen LogP) is 2.27. The van der Waals surface area contributed by atoms with E-state index in [1.807, 2.05) is 31.2 Å². The standard InChI is InChI=1S/C14H22N2O2/c1-4-18-13-8-6-5-7-12(13)16-14(17)10-15-9-11(2)3/h5-8,11,15H,4,9-10H2,1-3H3,(H,16,17).